The van der Waals surface area contributed by atoms with Crippen molar-refractivity contribution >= 4 is 17.0 Å². The molecule has 2 aromatic rings. The van der Waals surface area contributed by atoms with E-state index in [-0.39, 0.29) is 0 Å². The quantitative estimate of drug-likeness (QED) is 0.861. The van der Waals surface area contributed by atoms with Crippen LogP contribution in [-0.2, 0) is 6.42 Å². The fourth-order valence-electron chi connectivity index (χ4n) is 3.24. The van der Waals surface area contributed by atoms with Crippen LogP contribution in [0.2, 0.25) is 0 Å². The molecule has 0 N–H and O–H groups in total. The Morgan fingerprint density at radius 1 is 1.00 bits per heavy atom. The SMILES string of the molecule is c1cc2c(c(N3CCN(CCc4ccsc4)CC3)c1)OCCO2. The number of fused-ring (bicyclic) bond motifs is 1. The number of hydrogen-bond donors (Lipinski definition) is 0. The second-order valence-electron chi connectivity index (χ2n) is 6.01. The van der Waals surface area contributed by atoms with Gasteiger partial charge >= 0.3 is 0 Å². The van der Waals surface area contributed by atoms with Crippen molar-refractivity contribution in [3.8, 4) is 11.5 Å². The van der Waals surface area contributed by atoms with E-state index in [9.17, 15) is 0 Å². The van der Waals surface area contributed by atoms with Crippen LogP contribution in [0.1, 0.15) is 5.56 Å². The summed E-state index contributed by atoms with van der Waals surface area (Å²) in [5.41, 5.74) is 2.64. The molecule has 5 heteroatoms. The Kier molecular flexibility index (Phi) is 4.39. The van der Waals surface area contributed by atoms with E-state index >= 15 is 0 Å². The van der Waals surface area contributed by atoms with E-state index in [1.54, 1.807) is 11.3 Å². The Morgan fingerprint density at radius 2 is 1.87 bits per heavy atom. The highest BCUT2D eigenvalue weighted by atomic mass is 32.1. The van der Waals surface area contributed by atoms with Gasteiger partial charge in [0.2, 0.25) is 0 Å². The van der Waals surface area contributed by atoms with E-state index in [1.807, 2.05) is 6.07 Å². The van der Waals surface area contributed by atoms with E-state index in [2.05, 4.69) is 38.8 Å². The van der Waals surface area contributed by atoms with Crippen molar-refractivity contribution in [2.24, 2.45) is 0 Å². The minimum atomic E-state index is 0.643. The normalized spacial score (nSPS) is 18.2. The summed E-state index contributed by atoms with van der Waals surface area (Å²) in [4.78, 5) is 4.98. The van der Waals surface area contributed by atoms with Gasteiger partial charge in [-0.2, -0.15) is 11.3 Å². The van der Waals surface area contributed by atoms with Crippen LogP contribution in [0.15, 0.2) is 35.0 Å². The summed E-state index contributed by atoms with van der Waals surface area (Å²) in [6.45, 7) is 6.74. The standard InChI is InChI=1S/C18H22N2O2S/c1-2-16(18-17(3-1)21-11-12-22-18)20-9-7-19(8-10-20)6-4-15-5-13-23-14-15/h1-3,5,13-14H,4,6-12H2. The summed E-state index contributed by atoms with van der Waals surface area (Å²) >= 11 is 1.78. The topological polar surface area (TPSA) is 24.9 Å². The Hall–Kier alpha value is -1.72. The number of nitrogens with zero attached hydrogens (tertiary/aromatic N) is 2. The van der Waals surface area contributed by atoms with E-state index in [4.69, 9.17) is 9.47 Å². The zero-order valence-electron chi connectivity index (χ0n) is 13.2. The average molecular weight is 330 g/mol. The fourth-order valence-corrected chi connectivity index (χ4v) is 3.94. The monoisotopic (exact) mass is 330 g/mol. The molecule has 122 valence electrons. The molecule has 0 bridgehead atoms. The van der Waals surface area contributed by atoms with Crippen molar-refractivity contribution in [1.29, 1.82) is 0 Å². The Balaban J connectivity index is 1.36. The molecular formula is C18H22N2O2S. The third kappa shape index (κ3) is 3.31. The van der Waals surface area contributed by atoms with Gasteiger partial charge in [-0.1, -0.05) is 6.07 Å². The van der Waals surface area contributed by atoms with E-state index in [0.717, 1.165) is 50.6 Å². The summed E-state index contributed by atoms with van der Waals surface area (Å²) in [6.07, 6.45) is 1.15. The maximum absolute atomic E-state index is 5.85. The molecule has 1 saturated heterocycles. The zero-order chi connectivity index (χ0) is 15.5. The molecule has 1 fully saturated rings. The molecule has 2 aliphatic heterocycles. The van der Waals surface area contributed by atoms with Gasteiger partial charge in [-0.05, 0) is 40.9 Å². The van der Waals surface area contributed by atoms with Crippen LogP contribution in [0, 0.1) is 0 Å². The van der Waals surface area contributed by atoms with Gasteiger partial charge in [0.25, 0.3) is 0 Å². The van der Waals surface area contributed by atoms with Crippen LogP contribution < -0.4 is 14.4 Å². The van der Waals surface area contributed by atoms with Gasteiger partial charge in [-0.25, -0.2) is 0 Å². The number of piperazine rings is 1. The van der Waals surface area contributed by atoms with Crippen molar-refractivity contribution < 1.29 is 9.47 Å². The summed E-state index contributed by atoms with van der Waals surface area (Å²) < 4.78 is 11.5. The highest BCUT2D eigenvalue weighted by molar-refractivity contribution is 7.07. The molecule has 0 aliphatic carbocycles. The molecule has 1 aromatic carbocycles. The zero-order valence-corrected chi connectivity index (χ0v) is 14.1. The summed E-state index contributed by atoms with van der Waals surface area (Å²) in [6, 6.07) is 8.43. The molecule has 4 rings (SSSR count). The van der Waals surface area contributed by atoms with Gasteiger partial charge in [0.15, 0.2) is 11.5 Å². The molecule has 3 heterocycles. The first-order chi connectivity index (χ1) is 11.4. The lowest BCUT2D eigenvalue weighted by Gasteiger charge is -2.37. The molecule has 0 spiro atoms. The van der Waals surface area contributed by atoms with Crippen molar-refractivity contribution in [2.75, 3.05) is 50.8 Å². The van der Waals surface area contributed by atoms with Crippen LogP contribution >= 0.6 is 11.3 Å². The lowest BCUT2D eigenvalue weighted by Crippen LogP contribution is -2.47. The van der Waals surface area contributed by atoms with Gasteiger partial charge < -0.3 is 14.4 Å². The van der Waals surface area contributed by atoms with Gasteiger partial charge in [0.1, 0.15) is 13.2 Å². The Morgan fingerprint density at radius 3 is 2.70 bits per heavy atom. The molecule has 0 saturated carbocycles. The van der Waals surface area contributed by atoms with Gasteiger partial charge in [-0.15, -0.1) is 0 Å². The second kappa shape index (κ2) is 6.81. The first kappa shape index (κ1) is 14.8. The highest BCUT2D eigenvalue weighted by Gasteiger charge is 2.23. The average Bonchev–Trinajstić information content (AvgIpc) is 3.14. The van der Waals surface area contributed by atoms with Crippen molar-refractivity contribution in [3.05, 3.63) is 40.6 Å². The molecule has 1 aromatic heterocycles. The molecule has 23 heavy (non-hydrogen) atoms. The van der Waals surface area contributed by atoms with Crippen LogP contribution in [0.25, 0.3) is 0 Å². The Labute approximate surface area is 141 Å². The second-order valence-corrected chi connectivity index (χ2v) is 6.79. The predicted molar refractivity (Wildman–Crippen MR) is 94.1 cm³/mol. The highest BCUT2D eigenvalue weighted by Crippen LogP contribution is 2.39. The van der Waals surface area contributed by atoms with Gasteiger partial charge in [-0.3, -0.25) is 4.90 Å². The minimum absolute atomic E-state index is 0.643. The molecule has 2 aliphatic rings. The maximum Gasteiger partial charge on any atom is 0.184 e. The number of para-hydroxylation sites is 1. The summed E-state index contributed by atoms with van der Waals surface area (Å²) in [5, 5.41) is 4.41. The number of thiophene rings is 1. The lowest BCUT2D eigenvalue weighted by molar-refractivity contribution is 0.171. The van der Waals surface area contributed by atoms with Crippen LogP contribution in [-0.4, -0.2) is 50.8 Å². The lowest BCUT2D eigenvalue weighted by atomic mass is 10.2. The van der Waals surface area contributed by atoms with Crippen LogP contribution in [0.5, 0.6) is 11.5 Å². The number of rotatable bonds is 4. The molecule has 4 nitrogen and oxygen atoms in total. The van der Waals surface area contributed by atoms with Crippen molar-refractivity contribution in [1.82, 2.24) is 4.90 Å². The molecule has 0 atom stereocenters. The molecule has 0 amide bonds. The van der Waals surface area contributed by atoms with E-state index in [1.165, 1.54) is 11.3 Å². The van der Waals surface area contributed by atoms with E-state index < -0.39 is 0 Å². The molecular weight excluding hydrogens is 308 g/mol. The smallest absolute Gasteiger partial charge is 0.184 e. The van der Waals surface area contributed by atoms with Gasteiger partial charge in [0.05, 0.1) is 5.69 Å². The third-order valence-corrected chi connectivity index (χ3v) is 5.29. The van der Waals surface area contributed by atoms with Crippen LogP contribution in [0.3, 0.4) is 0 Å². The number of ether oxygens (including phenoxy) is 2. The van der Waals surface area contributed by atoms with E-state index in [0.29, 0.717) is 13.2 Å². The minimum Gasteiger partial charge on any atom is -0.486 e. The first-order valence-electron chi connectivity index (χ1n) is 8.27. The van der Waals surface area contributed by atoms with Gasteiger partial charge in [0, 0.05) is 32.7 Å². The largest absolute Gasteiger partial charge is 0.486 e. The number of anilines is 1. The van der Waals surface area contributed by atoms with Crippen molar-refractivity contribution in [3.63, 3.8) is 0 Å². The predicted octanol–water partition coefficient (Wildman–Crippen LogP) is 2.88. The van der Waals surface area contributed by atoms with Crippen LogP contribution in [0.4, 0.5) is 5.69 Å². The fraction of sp³-hybridized carbons (Fsp3) is 0.444. The Bertz CT molecular complexity index is 636. The summed E-state index contributed by atoms with van der Waals surface area (Å²) in [7, 11) is 0. The molecule has 0 radical (unpaired) electrons. The number of hydrogen-bond acceptors (Lipinski definition) is 5. The first-order valence-corrected chi connectivity index (χ1v) is 9.21. The molecule has 0 unspecified atom stereocenters. The third-order valence-electron chi connectivity index (χ3n) is 4.56. The maximum atomic E-state index is 5.85. The van der Waals surface area contributed by atoms with Crippen molar-refractivity contribution in [2.45, 2.75) is 6.42 Å². The number of benzene rings is 1. The summed E-state index contributed by atoms with van der Waals surface area (Å²) in [5.74, 6) is 1.80.